The van der Waals surface area contributed by atoms with Crippen molar-refractivity contribution >= 4 is 11.6 Å². The summed E-state index contributed by atoms with van der Waals surface area (Å²) in [5, 5.41) is 4.40. The number of hydrogen-bond acceptors (Lipinski definition) is 3. The molecule has 4 atom stereocenters. The fourth-order valence-corrected chi connectivity index (χ4v) is 3.74. The molecule has 2 bridgehead atoms. The van der Waals surface area contributed by atoms with E-state index in [1.165, 1.54) is 24.8 Å². The van der Waals surface area contributed by atoms with E-state index in [2.05, 4.69) is 17.2 Å². The van der Waals surface area contributed by atoms with Gasteiger partial charge in [-0.1, -0.05) is 18.5 Å². The lowest BCUT2D eigenvalue weighted by atomic mass is 9.81. The molecule has 4 heteroatoms. The van der Waals surface area contributed by atoms with Gasteiger partial charge in [0.1, 0.15) is 0 Å². The molecule has 2 aliphatic heterocycles. The number of likely N-dealkylation sites (N-methyl/N-ethyl adjacent to an activating group) is 1. The summed E-state index contributed by atoms with van der Waals surface area (Å²) in [6.45, 7) is 3.15. The zero-order valence-corrected chi connectivity index (χ0v) is 12.1. The van der Waals surface area contributed by atoms with E-state index in [1.807, 2.05) is 12.3 Å². The highest BCUT2D eigenvalue weighted by atomic mass is 35.5. The first-order valence-corrected chi connectivity index (χ1v) is 7.63. The largest absolute Gasteiger partial charge is 0.375 e. The number of nitrogens with zero attached hydrogens (tertiary/aromatic N) is 1. The lowest BCUT2D eigenvalue weighted by Gasteiger charge is -2.29. The number of hydrogen-bond donors (Lipinski definition) is 1. The monoisotopic (exact) mass is 280 g/mol. The summed E-state index contributed by atoms with van der Waals surface area (Å²) in [5.41, 5.74) is 1.19. The van der Waals surface area contributed by atoms with E-state index in [1.54, 1.807) is 6.20 Å². The van der Waals surface area contributed by atoms with Gasteiger partial charge in [0.25, 0.3) is 0 Å². The highest BCUT2D eigenvalue weighted by Gasteiger charge is 2.44. The van der Waals surface area contributed by atoms with E-state index >= 15 is 0 Å². The number of ether oxygens (including phenoxy) is 1. The minimum Gasteiger partial charge on any atom is -0.375 e. The summed E-state index contributed by atoms with van der Waals surface area (Å²) >= 11 is 6.23. The average molecular weight is 281 g/mol. The molecule has 3 heterocycles. The molecule has 104 valence electrons. The standard InChI is InChI=1S/C15H21ClN2O/c1-2-18-14(7-10-5-6-17-9-13(10)16)12-8-11-3-4-15(12)19-11/h5-6,9,11-12,14-15,18H,2-4,7-8H2,1H3. The number of nitrogens with one attached hydrogen (secondary N) is 1. The fraction of sp³-hybridized carbons (Fsp3) is 0.667. The molecular formula is C15H21ClN2O. The van der Waals surface area contributed by atoms with Gasteiger partial charge in [-0.15, -0.1) is 0 Å². The number of fused-ring (bicyclic) bond motifs is 2. The molecule has 0 aliphatic carbocycles. The molecule has 19 heavy (non-hydrogen) atoms. The number of aromatic nitrogens is 1. The Morgan fingerprint density at radius 2 is 2.42 bits per heavy atom. The van der Waals surface area contributed by atoms with Crippen molar-refractivity contribution in [1.29, 1.82) is 0 Å². The quantitative estimate of drug-likeness (QED) is 0.901. The van der Waals surface area contributed by atoms with Crippen LogP contribution in [0.5, 0.6) is 0 Å². The lowest BCUT2D eigenvalue weighted by Crippen LogP contribution is -2.42. The van der Waals surface area contributed by atoms with Gasteiger partial charge in [0.15, 0.2) is 0 Å². The smallest absolute Gasteiger partial charge is 0.0623 e. The molecule has 1 aromatic rings. The van der Waals surface area contributed by atoms with E-state index in [0.29, 0.717) is 24.2 Å². The first-order valence-electron chi connectivity index (χ1n) is 7.25. The molecule has 2 fully saturated rings. The lowest BCUT2D eigenvalue weighted by molar-refractivity contribution is 0.0858. The Bertz CT molecular complexity index is 440. The van der Waals surface area contributed by atoms with Crippen LogP contribution in [-0.2, 0) is 11.2 Å². The van der Waals surface area contributed by atoms with Crippen LogP contribution in [0.3, 0.4) is 0 Å². The second kappa shape index (κ2) is 5.78. The summed E-state index contributed by atoms with van der Waals surface area (Å²) in [7, 11) is 0. The zero-order chi connectivity index (χ0) is 13.2. The molecule has 3 rings (SSSR count). The van der Waals surface area contributed by atoms with Crippen LogP contribution in [0.2, 0.25) is 5.02 Å². The Hall–Kier alpha value is -0.640. The molecule has 2 saturated heterocycles. The van der Waals surface area contributed by atoms with Crippen molar-refractivity contribution in [2.45, 2.75) is 50.9 Å². The Morgan fingerprint density at radius 3 is 3.05 bits per heavy atom. The minimum atomic E-state index is 0.453. The van der Waals surface area contributed by atoms with Crippen molar-refractivity contribution in [2.24, 2.45) is 5.92 Å². The normalized spacial score (nSPS) is 30.7. The zero-order valence-electron chi connectivity index (χ0n) is 11.3. The number of pyridine rings is 1. The summed E-state index contributed by atoms with van der Waals surface area (Å²) in [4.78, 5) is 4.06. The Labute approximate surface area is 119 Å². The third-order valence-corrected chi connectivity index (χ3v) is 4.77. The Balaban J connectivity index is 1.73. The number of rotatable bonds is 5. The molecule has 0 saturated carbocycles. The van der Waals surface area contributed by atoms with Gasteiger partial charge in [-0.25, -0.2) is 0 Å². The molecule has 1 aromatic heterocycles. The van der Waals surface area contributed by atoms with Crippen molar-refractivity contribution in [2.75, 3.05) is 6.54 Å². The van der Waals surface area contributed by atoms with Gasteiger partial charge in [0.05, 0.1) is 17.2 Å². The van der Waals surface area contributed by atoms with E-state index in [0.717, 1.165) is 18.0 Å². The van der Waals surface area contributed by atoms with Crippen molar-refractivity contribution in [3.05, 3.63) is 29.0 Å². The summed E-state index contributed by atoms with van der Waals surface area (Å²) in [6, 6.07) is 2.49. The molecular weight excluding hydrogens is 260 g/mol. The van der Waals surface area contributed by atoms with Gasteiger partial charge in [-0.05, 0) is 43.9 Å². The third-order valence-electron chi connectivity index (χ3n) is 4.43. The van der Waals surface area contributed by atoms with E-state index in [4.69, 9.17) is 16.3 Å². The van der Waals surface area contributed by atoms with Gasteiger partial charge in [-0.3, -0.25) is 4.98 Å². The van der Waals surface area contributed by atoms with Crippen molar-refractivity contribution in [1.82, 2.24) is 10.3 Å². The van der Waals surface area contributed by atoms with E-state index in [9.17, 15) is 0 Å². The van der Waals surface area contributed by atoms with E-state index in [-0.39, 0.29) is 0 Å². The van der Waals surface area contributed by atoms with Crippen LogP contribution in [0, 0.1) is 5.92 Å². The summed E-state index contributed by atoms with van der Waals surface area (Å²) in [5.74, 6) is 0.628. The molecule has 0 spiro atoms. The molecule has 1 N–H and O–H groups in total. The minimum absolute atomic E-state index is 0.453. The molecule has 4 unspecified atom stereocenters. The molecule has 0 radical (unpaired) electrons. The predicted octanol–water partition coefficient (Wildman–Crippen LogP) is 2.82. The van der Waals surface area contributed by atoms with Crippen LogP contribution in [0.1, 0.15) is 31.7 Å². The maximum atomic E-state index is 6.23. The van der Waals surface area contributed by atoms with Gasteiger partial charge in [-0.2, -0.15) is 0 Å². The van der Waals surface area contributed by atoms with Crippen LogP contribution in [-0.4, -0.2) is 29.8 Å². The predicted molar refractivity (Wildman–Crippen MR) is 76.4 cm³/mol. The topological polar surface area (TPSA) is 34.2 Å². The second-order valence-corrected chi connectivity index (χ2v) is 6.02. The van der Waals surface area contributed by atoms with Crippen LogP contribution in [0.4, 0.5) is 0 Å². The van der Waals surface area contributed by atoms with Crippen LogP contribution in [0.25, 0.3) is 0 Å². The van der Waals surface area contributed by atoms with Crippen LogP contribution in [0.15, 0.2) is 18.5 Å². The first kappa shape index (κ1) is 13.3. The van der Waals surface area contributed by atoms with Gasteiger partial charge < -0.3 is 10.1 Å². The third kappa shape index (κ3) is 2.78. The first-order chi connectivity index (χ1) is 9.28. The van der Waals surface area contributed by atoms with Crippen LogP contribution < -0.4 is 5.32 Å². The van der Waals surface area contributed by atoms with Crippen molar-refractivity contribution in [3.8, 4) is 0 Å². The molecule has 0 amide bonds. The molecule has 0 aromatic carbocycles. The summed E-state index contributed by atoms with van der Waals surface area (Å²) < 4.78 is 5.99. The average Bonchev–Trinajstić information content (AvgIpc) is 3.03. The highest BCUT2D eigenvalue weighted by molar-refractivity contribution is 6.31. The van der Waals surface area contributed by atoms with Gasteiger partial charge in [0, 0.05) is 24.4 Å². The van der Waals surface area contributed by atoms with Crippen LogP contribution >= 0.6 is 11.6 Å². The van der Waals surface area contributed by atoms with Gasteiger partial charge >= 0.3 is 0 Å². The van der Waals surface area contributed by atoms with E-state index < -0.39 is 0 Å². The Kier molecular flexibility index (Phi) is 4.06. The molecule has 2 aliphatic rings. The van der Waals surface area contributed by atoms with Crippen molar-refractivity contribution in [3.63, 3.8) is 0 Å². The SMILES string of the molecule is CCNC(Cc1ccncc1Cl)C1CC2CCC1O2. The maximum Gasteiger partial charge on any atom is 0.0623 e. The number of halogens is 1. The fourth-order valence-electron chi connectivity index (χ4n) is 3.54. The summed E-state index contributed by atoms with van der Waals surface area (Å²) in [6.07, 6.45) is 9.15. The molecule has 3 nitrogen and oxygen atoms in total. The maximum absolute atomic E-state index is 6.23. The Morgan fingerprint density at radius 1 is 1.53 bits per heavy atom. The van der Waals surface area contributed by atoms with Crippen molar-refractivity contribution < 1.29 is 4.74 Å². The highest BCUT2D eigenvalue weighted by Crippen LogP contribution is 2.41. The second-order valence-electron chi connectivity index (χ2n) is 5.61. The van der Waals surface area contributed by atoms with Gasteiger partial charge in [0.2, 0.25) is 0 Å².